The van der Waals surface area contributed by atoms with Crippen molar-refractivity contribution in [1.29, 1.82) is 0 Å². The van der Waals surface area contributed by atoms with E-state index in [0.29, 0.717) is 17.9 Å². The monoisotopic (exact) mass is 386 g/mol. The van der Waals surface area contributed by atoms with Crippen molar-refractivity contribution in [2.24, 2.45) is 0 Å². The third kappa shape index (κ3) is 5.06. The highest BCUT2D eigenvalue weighted by molar-refractivity contribution is 5.71. The van der Waals surface area contributed by atoms with Crippen molar-refractivity contribution < 1.29 is 22.6 Å². The zero-order chi connectivity index (χ0) is 19.9. The molecule has 0 saturated carbocycles. The number of hydrogen-bond acceptors (Lipinski definition) is 2. The van der Waals surface area contributed by atoms with Crippen molar-refractivity contribution in [3.8, 4) is 33.8 Å². The molecule has 146 valence electrons. The minimum absolute atomic E-state index is 0.110. The standard InChI is InChI=1S/C23H21F3O2/c1-2-3-14-27-20-12-13-21(22(24)15-20)18-6-4-16(5-7-18)17-8-10-19(11-9-17)28-23(25)26/h4-13,15,23H,2-3,14H2,1H3. The van der Waals surface area contributed by atoms with Gasteiger partial charge in [-0.1, -0.05) is 49.7 Å². The average molecular weight is 386 g/mol. The number of alkyl halides is 2. The predicted octanol–water partition coefficient (Wildman–Crippen LogP) is 6.94. The summed E-state index contributed by atoms with van der Waals surface area (Å²) in [5.74, 6) is 0.298. The highest BCUT2D eigenvalue weighted by atomic mass is 19.3. The fraction of sp³-hybridized carbons (Fsp3) is 0.217. The quantitative estimate of drug-likeness (QED) is 0.390. The van der Waals surface area contributed by atoms with Gasteiger partial charge in [0.15, 0.2) is 0 Å². The van der Waals surface area contributed by atoms with E-state index in [1.807, 2.05) is 24.3 Å². The number of unbranched alkanes of at least 4 members (excludes halogenated alkanes) is 1. The molecule has 3 rings (SSSR count). The molecule has 0 aliphatic rings. The van der Waals surface area contributed by atoms with E-state index in [4.69, 9.17) is 4.74 Å². The van der Waals surface area contributed by atoms with Crippen molar-refractivity contribution in [1.82, 2.24) is 0 Å². The lowest BCUT2D eigenvalue weighted by molar-refractivity contribution is -0.0498. The van der Waals surface area contributed by atoms with Crippen LogP contribution in [0.5, 0.6) is 11.5 Å². The molecule has 0 N–H and O–H groups in total. The summed E-state index contributed by atoms with van der Waals surface area (Å²) < 4.78 is 48.8. The van der Waals surface area contributed by atoms with Crippen molar-refractivity contribution >= 4 is 0 Å². The first-order valence-electron chi connectivity index (χ1n) is 9.15. The van der Waals surface area contributed by atoms with Crippen molar-refractivity contribution in [2.45, 2.75) is 26.4 Å². The van der Waals surface area contributed by atoms with Gasteiger partial charge in [0, 0.05) is 11.6 Å². The molecule has 0 aromatic heterocycles. The van der Waals surface area contributed by atoms with Crippen LogP contribution in [-0.4, -0.2) is 13.2 Å². The van der Waals surface area contributed by atoms with Gasteiger partial charge in [0.1, 0.15) is 17.3 Å². The molecule has 0 heterocycles. The predicted molar refractivity (Wildman–Crippen MR) is 104 cm³/mol. The minimum atomic E-state index is -2.84. The maximum atomic E-state index is 14.5. The minimum Gasteiger partial charge on any atom is -0.493 e. The summed E-state index contributed by atoms with van der Waals surface area (Å²) in [6.45, 7) is -0.198. The molecule has 28 heavy (non-hydrogen) atoms. The molecule has 0 spiro atoms. The molecule has 0 radical (unpaired) electrons. The maximum Gasteiger partial charge on any atom is 0.387 e. The van der Waals surface area contributed by atoms with Crippen LogP contribution in [0.4, 0.5) is 13.2 Å². The average Bonchev–Trinajstić information content (AvgIpc) is 2.69. The number of benzene rings is 3. The lowest BCUT2D eigenvalue weighted by atomic mass is 10.00. The van der Waals surface area contributed by atoms with Gasteiger partial charge in [-0.25, -0.2) is 4.39 Å². The zero-order valence-corrected chi connectivity index (χ0v) is 15.5. The Bertz CT molecular complexity index is 891. The molecule has 0 atom stereocenters. The van der Waals surface area contributed by atoms with Crippen LogP contribution >= 0.6 is 0 Å². The Labute approximate surface area is 162 Å². The molecule has 3 aromatic rings. The van der Waals surface area contributed by atoms with Crippen LogP contribution in [0.3, 0.4) is 0 Å². The van der Waals surface area contributed by atoms with E-state index in [1.54, 1.807) is 24.3 Å². The molecule has 0 bridgehead atoms. The molecule has 0 saturated heterocycles. The molecule has 2 nitrogen and oxygen atoms in total. The normalized spacial score (nSPS) is 10.9. The highest BCUT2D eigenvalue weighted by Crippen LogP contribution is 2.29. The van der Waals surface area contributed by atoms with Crippen molar-refractivity contribution in [3.63, 3.8) is 0 Å². The first-order valence-corrected chi connectivity index (χ1v) is 9.15. The Morgan fingerprint density at radius 3 is 1.93 bits per heavy atom. The van der Waals surface area contributed by atoms with Crippen molar-refractivity contribution in [2.75, 3.05) is 6.61 Å². The summed E-state index contributed by atoms with van der Waals surface area (Å²) in [6, 6.07) is 18.7. The van der Waals surface area contributed by atoms with Crippen LogP contribution in [0, 0.1) is 5.82 Å². The largest absolute Gasteiger partial charge is 0.493 e. The van der Waals surface area contributed by atoms with Gasteiger partial charge < -0.3 is 9.47 Å². The highest BCUT2D eigenvalue weighted by Gasteiger charge is 2.08. The Morgan fingerprint density at radius 1 is 0.786 bits per heavy atom. The smallest absolute Gasteiger partial charge is 0.387 e. The molecule has 0 amide bonds. The van der Waals surface area contributed by atoms with Crippen LogP contribution < -0.4 is 9.47 Å². The van der Waals surface area contributed by atoms with E-state index in [9.17, 15) is 13.2 Å². The Balaban J connectivity index is 1.73. The van der Waals surface area contributed by atoms with Gasteiger partial charge in [-0.3, -0.25) is 0 Å². The summed E-state index contributed by atoms with van der Waals surface area (Å²) >= 11 is 0. The van der Waals surface area contributed by atoms with Crippen molar-refractivity contribution in [3.05, 3.63) is 72.5 Å². The fourth-order valence-corrected chi connectivity index (χ4v) is 2.83. The molecule has 5 heteroatoms. The lowest BCUT2D eigenvalue weighted by Gasteiger charge is -2.10. The molecular formula is C23H21F3O2. The van der Waals surface area contributed by atoms with Gasteiger partial charge in [-0.2, -0.15) is 8.78 Å². The Kier molecular flexibility index (Phi) is 6.58. The SMILES string of the molecule is CCCCOc1ccc(-c2ccc(-c3ccc(OC(F)F)cc3)cc2)c(F)c1. The van der Waals surface area contributed by atoms with Gasteiger partial charge in [0.2, 0.25) is 0 Å². The van der Waals surface area contributed by atoms with Gasteiger partial charge >= 0.3 is 6.61 Å². The zero-order valence-electron chi connectivity index (χ0n) is 15.5. The molecular weight excluding hydrogens is 365 g/mol. The third-order valence-corrected chi connectivity index (χ3v) is 4.32. The first kappa shape index (κ1) is 19.8. The summed E-state index contributed by atoms with van der Waals surface area (Å²) in [7, 11) is 0. The molecule has 3 aromatic carbocycles. The number of rotatable bonds is 8. The second-order valence-corrected chi connectivity index (χ2v) is 6.32. The number of halogens is 3. The molecule has 0 unspecified atom stereocenters. The second kappa shape index (κ2) is 9.31. The molecule has 0 fully saturated rings. The van der Waals surface area contributed by atoms with E-state index < -0.39 is 6.61 Å². The van der Waals surface area contributed by atoms with Gasteiger partial charge in [-0.15, -0.1) is 0 Å². The van der Waals surface area contributed by atoms with E-state index in [2.05, 4.69) is 11.7 Å². The summed E-state index contributed by atoms with van der Waals surface area (Å²) in [5.41, 5.74) is 3.00. The maximum absolute atomic E-state index is 14.5. The summed E-state index contributed by atoms with van der Waals surface area (Å²) in [5, 5.41) is 0. The number of hydrogen-bond donors (Lipinski definition) is 0. The summed E-state index contributed by atoms with van der Waals surface area (Å²) in [4.78, 5) is 0. The van der Waals surface area contributed by atoms with Gasteiger partial charge in [0.05, 0.1) is 6.61 Å². The molecule has 0 aliphatic heterocycles. The number of ether oxygens (including phenoxy) is 2. The van der Waals surface area contributed by atoms with Gasteiger partial charge in [0.25, 0.3) is 0 Å². The van der Waals surface area contributed by atoms with E-state index in [0.717, 1.165) is 29.5 Å². The van der Waals surface area contributed by atoms with Crippen LogP contribution in [0.1, 0.15) is 19.8 Å². The third-order valence-electron chi connectivity index (χ3n) is 4.32. The summed E-state index contributed by atoms with van der Waals surface area (Å²) in [6.07, 6.45) is 1.95. The van der Waals surface area contributed by atoms with Crippen LogP contribution in [0.2, 0.25) is 0 Å². The first-order chi connectivity index (χ1) is 13.6. The van der Waals surface area contributed by atoms with Crippen LogP contribution in [0.15, 0.2) is 66.7 Å². The van der Waals surface area contributed by atoms with Crippen LogP contribution in [0.25, 0.3) is 22.3 Å². The van der Waals surface area contributed by atoms with E-state index in [-0.39, 0.29) is 11.6 Å². The van der Waals surface area contributed by atoms with E-state index in [1.165, 1.54) is 18.2 Å². The lowest BCUT2D eigenvalue weighted by Crippen LogP contribution is -2.01. The fourth-order valence-electron chi connectivity index (χ4n) is 2.83. The van der Waals surface area contributed by atoms with Gasteiger partial charge in [-0.05, 0) is 47.4 Å². The Hall–Kier alpha value is -2.95. The Morgan fingerprint density at radius 2 is 1.36 bits per heavy atom. The second-order valence-electron chi connectivity index (χ2n) is 6.32. The van der Waals surface area contributed by atoms with E-state index >= 15 is 0 Å². The van der Waals surface area contributed by atoms with Crippen LogP contribution in [-0.2, 0) is 0 Å². The molecule has 0 aliphatic carbocycles. The topological polar surface area (TPSA) is 18.5 Å².